The Labute approximate surface area is 115 Å². The Hall–Kier alpha value is -1.35. The Morgan fingerprint density at radius 2 is 2.11 bits per heavy atom. The van der Waals surface area contributed by atoms with Gasteiger partial charge in [0, 0.05) is 18.0 Å². The summed E-state index contributed by atoms with van der Waals surface area (Å²) >= 11 is 0. The Morgan fingerprint density at radius 1 is 1.42 bits per heavy atom. The first-order valence-electron chi connectivity index (χ1n) is 7.19. The van der Waals surface area contributed by atoms with Gasteiger partial charge in [-0.25, -0.2) is 0 Å². The molecule has 0 spiro atoms. The highest BCUT2D eigenvalue weighted by Crippen LogP contribution is 2.37. The van der Waals surface area contributed by atoms with E-state index in [1.54, 1.807) is 0 Å². The third kappa shape index (κ3) is 2.52. The number of rotatable bonds is 3. The van der Waals surface area contributed by atoms with Gasteiger partial charge in [0.1, 0.15) is 0 Å². The van der Waals surface area contributed by atoms with Crippen LogP contribution in [0.3, 0.4) is 0 Å². The van der Waals surface area contributed by atoms with Gasteiger partial charge in [-0.15, -0.1) is 0 Å². The number of anilines is 1. The number of hydrogen-bond donors (Lipinski definition) is 1. The van der Waals surface area contributed by atoms with Crippen molar-refractivity contribution in [3.05, 3.63) is 29.3 Å². The van der Waals surface area contributed by atoms with Crippen LogP contribution in [0.5, 0.6) is 0 Å². The molecule has 3 heteroatoms. The Kier molecular flexibility index (Phi) is 4.25. The number of carbonyl (C=O) groups excluding carboxylic acids is 1. The van der Waals surface area contributed by atoms with Crippen LogP contribution in [-0.2, 0) is 4.79 Å². The van der Waals surface area contributed by atoms with Crippen LogP contribution in [0, 0.1) is 12.8 Å². The summed E-state index contributed by atoms with van der Waals surface area (Å²) < 4.78 is 0. The quantitative estimate of drug-likeness (QED) is 0.907. The Morgan fingerprint density at radius 3 is 2.74 bits per heavy atom. The standard InChI is InChI=1S/C16H23NO2/c1-4-12(5-2)16(19)17-10-9-14(18)13-8-6-7-11(3)15(13)17/h6-8,12,14,18H,4-5,9-10H2,1-3H3. The molecule has 1 aromatic carbocycles. The van der Waals surface area contributed by atoms with E-state index in [1.165, 1.54) is 0 Å². The molecule has 0 aliphatic carbocycles. The average Bonchev–Trinajstić information content (AvgIpc) is 2.41. The van der Waals surface area contributed by atoms with Crippen LogP contribution < -0.4 is 4.90 Å². The second kappa shape index (κ2) is 5.74. The zero-order valence-corrected chi connectivity index (χ0v) is 12.0. The molecule has 1 unspecified atom stereocenters. The minimum Gasteiger partial charge on any atom is -0.388 e. The van der Waals surface area contributed by atoms with Crippen molar-refractivity contribution in [1.82, 2.24) is 0 Å². The van der Waals surface area contributed by atoms with Gasteiger partial charge in [0.05, 0.1) is 11.8 Å². The second-order valence-corrected chi connectivity index (χ2v) is 5.32. The highest BCUT2D eigenvalue weighted by atomic mass is 16.3. The van der Waals surface area contributed by atoms with Crippen LogP contribution in [0.15, 0.2) is 18.2 Å². The number of para-hydroxylation sites is 1. The summed E-state index contributed by atoms with van der Waals surface area (Å²) in [5.41, 5.74) is 2.89. The van der Waals surface area contributed by atoms with E-state index >= 15 is 0 Å². The number of hydrogen-bond acceptors (Lipinski definition) is 2. The predicted octanol–water partition coefficient (Wildman–Crippen LogP) is 3.20. The summed E-state index contributed by atoms with van der Waals surface area (Å²) in [7, 11) is 0. The van der Waals surface area contributed by atoms with E-state index in [4.69, 9.17) is 0 Å². The van der Waals surface area contributed by atoms with Crippen molar-refractivity contribution >= 4 is 11.6 Å². The van der Waals surface area contributed by atoms with Gasteiger partial charge in [-0.2, -0.15) is 0 Å². The van der Waals surface area contributed by atoms with Gasteiger partial charge in [-0.3, -0.25) is 4.79 Å². The lowest BCUT2D eigenvalue weighted by Gasteiger charge is -2.35. The maximum Gasteiger partial charge on any atom is 0.230 e. The van der Waals surface area contributed by atoms with E-state index in [0.29, 0.717) is 13.0 Å². The summed E-state index contributed by atoms with van der Waals surface area (Å²) in [5.74, 6) is 0.287. The number of aliphatic hydroxyl groups excluding tert-OH is 1. The van der Waals surface area contributed by atoms with Crippen LogP contribution >= 0.6 is 0 Å². The highest BCUT2D eigenvalue weighted by molar-refractivity contribution is 5.97. The summed E-state index contributed by atoms with van der Waals surface area (Å²) in [6, 6.07) is 5.88. The maximum atomic E-state index is 12.6. The first kappa shape index (κ1) is 14.1. The second-order valence-electron chi connectivity index (χ2n) is 5.32. The van der Waals surface area contributed by atoms with Crippen molar-refractivity contribution < 1.29 is 9.90 Å². The summed E-state index contributed by atoms with van der Waals surface area (Å²) in [6.07, 6.45) is 1.92. The highest BCUT2D eigenvalue weighted by Gasteiger charge is 2.31. The molecule has 0 fully saturated rings. The van der Waals surface area contributed by atoms with Gasteiger partial charge < -0.3 is 10.0 Å². The molecule has 104 valence electrons. The van der Waals surface area contributed by atoms with Crippen LogP contribution in [0.1, 0.15) is 50.3 Å². The molecule has 0 saturated carbocycles. The van der Waals surface area contributed by atoms with Crippen LogP contribution in [-0.4, -0.2) is 17.6 Å². The monoisotopic (exact) mass is 261 g/mol. The average molecular weight is 261 g/mol. The van der Waals surface area contributed by atoms with Crippen LogP contribution in [0.4, 0.5) is 5.69 Å². The fourth-order valence-electron chi connectivity index (χ4n) is 2.92. The fraction of sp³-hybridized carbons (Fsp3) is 0.562. The Bertz CT molecular complexity index is 466. The maximum absolute atomic E-state index is 12.6. The van der Waals surface area contributed by atoms with Gasteiger partial charge in [0.15, 0.2) is 0 Å². The molecule has 3 nitrogen and oxygen atoms in total. The molecule has 1 aliphatic heterocycles. The first-order valence-corrected chi connectivity index (χ1v) is 7.19. The molecule has 1 aliphatic rings. The molecule has 0 radical (unpaired) electrons. The number of aryl methyl sites for hydroxylation is 1. The summed E-state index contributed by atoms with van der Waals surface area (Å²) in [5, 5.41) is 10.1. The topological polar surface area (TPSA) is 40.5 Å². The molecule has 1 N–H and O–H groups in total. The van der Waals surface area contributed by atoms with E-state index in [9.17, 15) is 9.90 Å². The third-order valence-corrected chi connectivity index (χ3v) is 4.12. The van der Waals surface area contributed by atoms with E-state index in [-0.39, 0.29) is 11.8 Å². The SMILES string of the molecule is CCC(CC)C(=O)N1CCC(O)c2cccc(C)c21. The Balaban J connectivity index is 2.40. The number of nitrogens with zero attached hydrogens (tertiary/aromatic N) is 1. The minimum atomic E-state index is -0.444. The fourth-order valence-corrected chi connectivity index (χ4v) is 2.92. The van der Waals surface area contributed by atoms with Crippen molar-refractivity contribution in [3.63, 3.8) is 0 Å². The lowest BCUT2D eigenvalue weighted by molar-refractivity contribution is -0.122. The van der Waals surface area contributed by atoms with Crippen molar-refractivity contribution in [3.8, 4) is 0 Å². The zero-order chi connectivity index (χ0) is 14.0. The van der Waals surface area contributed by atoms with Gasteiger partial charge in [-0.1, -0.05) is 32.0 Å². The van der Waals surface area contributed by atoms with Crippen molar-refractivity contribution in [1.29, 1.82) is 0 Å². The number of carbonyl (C=O) groups is 1. The van der Waals surface area contributed by atoms with Gasteiger partial charge in [0.2, 0.25) is 5.91 Å². The number of amides is 1. The third-order valence-electron chi connectivity index (χ3n) is 4.12. The van der Waals surface area contributed by atoms with E-state index in [0.717, 1.165) is 29.7 Å². The normalized spacial score (nSPS) is 18.6. The van der Waals surface area contributed by atoms with Crippen LogP contribution in [0.2, 0.25) is 0 Å². The summed E-state index contributed by atoms with van der Waals surface area (Å²) in [6.45, 7) is 6.74. The van der Waals surface area contributed by atoms with E-state index < -0.39 is 6.10 Å². The van der Waals surface area contributed by atoms with Crippen molar-refractivity contribution in [2.24, 2.45) is 5.92 Å². The molecule has 0 saturated heterocycles. The lowest BCUT2D eigenvalue weighted by Crippen LogP contribution is -2.40. The molecule has 0 bridgehead atoms. The number of aliphatic hydroxyl groups is 1. The zero-order valence-electron chi connectivity index (χ0n) is 12.0. The van der Waals surface area contributed by atoms with Gasteiger partial charge in [0.25, 0.3) is 0 Å². The lowest BCUT2D eigenvalue weighted by atomic mass is 9.93. The van der Waals surface area contributed by atoms with Crippen LogP contribution in [0.25, 0.3) is 0 Å². The van der Waals surface area contributed by atoms with Crippen molar-refractivity contribution in [2.45, 2.75) is 46.1 Å². The van der Waals surface area contributed by atoms with E-state index in [1.807, 2.05) is 30.0 Å². The smallest absolute Gasteiger partial charge is 0.230 e. The minimum absolute atomic E-state index is 0.0858. The molecule has 1 atom stereocenters. The molecule has 2 rings (SSSR count). The van der Waals surface area contributed by atoms with Crippen molar-refractivity contribution in [2.75, 3.05) is 11.4 Å². The van der Waals surface area contributed by atoms with Gasteiger partial charge in [-0.05, 0) is 31.7 Å². The number of benzene rings is 1. The summed E-state index contributed by atoms with van der Waals surface area (Å²) in [4.78, 5) is 14.5. The predicted molar refractivity (Wildman–Crippen MR) is 77.2 cm³/mol. The molecular formula is C16H23NO2. The van der Waals surface area contributed by atoms with Gasteiger partial charge >= 0.3 is 0 Å². The molecule has 0 aromatic heterocycles. The molecule has 19 heavy (non-hydrogen) atoms. The molecule has 1 amide bonds. The first-order chi connectivity index (χ1) is 9.10. The molecular weight excluding hydrogens is 238 g/mol. The van der Waals surface area contributed by atoms with E-state index in [2.05, 4.69) is 13.8 Å². The molecule has 1 heterocycles. The largest absolute Gasteiger partial charge is 0.388 e. The molecule has 1 aromatic rings. The number of fused-ring (bicyclic) bond motifs is 1.